The maximum Gasteiger partial charge on any atom is 0.222 e. The molecule has 23 heavy (non-hydrogen) atoms. The largest absolute Gasteiger partial charge is 0.342 e. The van der Waals surface area contributed by atoms with Gasteiger partial charge in [0.1, 0.15) is 0 Å². The number of pyridine rings is 1. The van der Waals surface area contributed by atoms with Crippen molar-refractivity contribution in [3.63, 3.8) is 0 Å². The van der Waals surface area contributed by atoms with E-state index < -0.39 is 0 Å². The van der Waals surface area contributed by atoms with Crippen LogP contribution in [0.25, 0.3) is 10.9 Å². The van der Waals surface area contributed by atoms with Gasteiger partial charge in [0.25, 0.3) is 0 Å². The van der Waals surface area contributed by atoms with Gasteiger partial charge in [0, 0.05) is 30.6 Å². The number of aryl methyl sites for hydroxylation is 1. The molecule has 1 aromatic carbocycles. The number of nitrogens with zero attached hydrogens (tertiary/aromatic N) is 2. The zero-order valence-electron chi connectivity index (χ0n) is 13.6. The second kappa shape index (κ2) is 6.31. The molecular weight excluding hydrogens is 284 g/mol. The Balaban J connectivity index is 1.29. The Labute approximate surface area is 137 Å². The Kier molecular flexibility index (Phi) is 4.02. The van der Waals surface area contributed by atoms with Gasteiger partial charge in [0.15, 0.2) is 0 Å². The number of hydrogen-bond donors (Lipinski definition) is 0. The minimum absolute atomic E-state index is 0.300. The van der Waals surface area contributed by atoms with Crippen molar-refractivity contribution >= 4 is 16.8 Å². The number of para-hydroxylation sites is 1. The summed E-state index contributed by atoms with van der Waals surface area (Å²) < 4.78 is 0. The normalized spacial score (nSPS) is 19.2. The van der Waals surface area contributed by atoms with E-state index in [1.807, 2.05) is 29.2 Å². The lowest BCUT2D eigenvalue weighted by molar-refractivity contribution is -0.138. The first kappa shape index (κ1) is 14.7. The van der Waals surface area contributed by atoms with Crippen LogP contribution in [-0.2, 0) is 11.2 Å². The Morgan fingerprint density at radius 2 is 1.83 bits per heavy atom. The highest BCUT2D eigenvalue weighted by Crippen LogP contribution is 2.36. The molecule has 1 saturated heterocycles. The molecule has 0 atom stereocenters. The summed E-state index contributed by atoms with van der Waals surface area (Å²) in [6.07, 6.45) is 6.88. The van der Waals surface area contributed by atoms with Crippen molar-refractivity contribution < 1.29 is 4.79 Å². The van der Waals surface area contributed by atoms with Gasteiger partial charge in [-0.1, -0.05) is 49.9 Å². The molecule has 3 nitrogen and oxygen atoms in total. The lowest BCUT2D eigenvalue weighted by Crippen LogP contribution is -2.52. The number of fused-ring (bicyclic) bond motifs is 1. The van der Waals surface area contributed by atoms with Gasteiger partial charge in [0.2, 0.25) is 5.91 Å². The number of carbonyl (C=O) groups excluding carboxylic acids is 1. The number of benzene rings is 1. The zero-order valence-corrected chi connectivity index (χ0v) is 13.6. The second-order valence-electron chi connectivity index (χ2n) is 7.10. The highest BCUT2D eigenvalue weighted by molar-refractivity contribution is 5.79. The monoisotopic (exact) mass is 308 g/mol. The molecule has 2 aromatic rings. The molecule has 0 N–H and O–H groups in total. The van der Waals surface area contributed by atoms with Crippen LogP contribution in [0.3, 0.4) is 0 Å². The molecule has 2 heterocycles. The molecule has 1 aliphatic carbocycles. The van der Waals surface area contributed by atoms with E-state index in [2.05, 4.69) is 17.1 Å². The maximum absolute atomic E-state index is 12.3. The van der Waals surface area contributed by atoms with Crippen LogP contribution in [-0.4, -0.2) is 28.9 Å². The average Bonchev–Trinajstić information content (AvgIpc) is 3.05. The third-order valence-electron chi connectivity index (χ3n) is 5.58. The number of aromatic nitrogens is 1. The predicted molar refractivity (Wildman–Crippen MR) is 92.1 cm³/mol. The number of amides is 1. The van der Waals surface area contributed by atoms with Gasteiger partial charge < -0.3 is 4.90 Å². The van der Waals surface area contributed by atoms with Crippen molar-refractivity contribution in [2.45, 2.75) is 38.5 Å². The fraction of sp³-hybridized carbons (Fsp3) is 0.500. The van der Waals surface area contributed by atoms with E-state index in [1.165, 1.54) is 25.7 Å². The topological polar surface area (TPSA) is 33.2 Å². The summed E-state index contributed by atoms with van der Waals surface area (Å²) in [5, 5.41) is 1.16. The Morgan fingerprint density at radius 1 is 1.04 bits per heavy atom. The molecule has 0 bridgehead atoms. The first-order valence-corrected chi connectivity index (χ1v) is 8.92. The number of hydrogen-bond acceptors (Lipinski definition) is 2. The van der Waals surface area contributed by atoms with Crippen LogP contribution in [0, 0.1) is 11.8 Å². The van der Waals surface area contributed by atoms with E-state index in [4.69, 9.17) is 0 Å². The highest BCUT2D eigenvalue weighted by atomic mass is 16.2. The molecule has 1 amide bonds. The molecule has 1 aliphatic heterocycles. The summed E-state index contributed by atoms with van der Waals surface area (Å²) in [5.74, 6) is 1.97. The maximum atomic E-state index is 12.3. The van der Waals surface area contributed by atoms with Gasteiger partial charge in [-0.05, 0) is 30.4 Å². The van der Waals surface area contributed by atoms with Gasteiger partial charge in [0.05, 0.1) is 5.52 Å². The molecule has 1 saturated carbocycles. The van der Waals surface area contributed by atoms with E-state index >= 15 is 0 Å². The minimum atomic E-state index is 0.300. The molecule has 0 unspecified atom stereocenters. The predicted octanol–water partition coefficient (Wildman–Crippen LogP) is 3.82. The second-order valence-corrected chi connectivity index (χ2v) is 7.10. The standard InChI is InChI=1S/C20H24N2O/c23-20(22-13-17(14-22)15-5-1-2-6-15)12-11-18-10-9-16-7-3-4-8-19(16)21-18/h3-4,7-10,15,17H,1-2,5-6,11-14H2. The smallest absolute Gasteiger partial charge is 0.222 e. The summed E-state index contributed by atoms with van der Waals surface area (Å²) in [6.45, 7) is 1.99. The first-order valence-electron chi connectivity index (χ1n) is 8.92. The SMILES string of the molecule is O=C(CCc1ccc2ccccc2n1)N1CC(C2CCCC2)C1. The van der Waals surface area contributed by atoms with Gasteiger partial charge in [-0.2, -0.15) is 0 Å². The van der Waals surface area contributed by atoms with Crippen LogP contribution in [0.15, 0.2) is 36.4 Å². The van der Waals surface area contributed by atoms with Gasteiger partial charge in [-0.3, -0.25) is 9.78 Å². The molecule has 4 rings (SSSR count). The molecule has 2 aliphatic rings. The van der Waals surface area contributed by atoms with Crippen LogP contribution in [0.2, 0.25) is 0 Å². The molecule has 1 aromatic heterocycles. The number of rotatable bonds is 4. The highest BCUT2D eigenvalue weighted by Gasteiger charge is 2.36. The lowest BCUT2D eigenvalue weighted by Gasteiger charge is -2.42. The third-order valence-corrected chi connectivity index (χ3v) is 5.58. The van der Waals surface area contributed by atoms with Crippen molar-refractivity contribution in [3.05, 3.63) is 42.1 Å². The molecule has 0 spiro atoms. The van der Waals surface area contributed by atoms with Gasteiger partial charge in [-0.15, -0.1) is 0 Å². The molecule has 2 fully saturated rings. The quantitative estimate of drug-likeness (QED) is 0.860. The van der Waals surface area contributed by atoms with E-state index in [0.717, 1.165) is 47.9 Å². The number of carbonyl (C=O) groups is 1. The van der Waals surface area contributed by atoms with Crippen molar-refractivity contribution in [2.75, 3.05) is 13.1 Å². The van der Waals surface area contributed by atoms with E-state index in [9.17, 15) is 4.79 Å². The number of likely N-dealkylation sites (tertiary alicyclic amines) is 1. The van der Waals surface area contributed by atoms with Crippen LogP contribution in [0.5, 0.6) is 0 Å². The summed E-state index contributed by atoms with van der Waals surface area (Å²) in [4.78, 5) is 19.0. The summed E-state index contributed by atoms with van der Waals surface area (Å²) in [7, 11) is 0. The Bertz CT molecular complexity index is 700. The van der Waals surface area contributed by atoms with Gasteiger partial charge in [-0.25, -0.2) is 0 Å². The first-order chi connectivity index (χ1) is 11.3. The summed E-state index contributed by atoms with van der Waals surface area (Å²) >= 11 is 0. The van der Waals surface area contributed by atoms with E-state index in [0.29, 0.717) is 12.3 Å². The third kappa shape index (κ3) is 3.10. The van der Waals surface area contributed by atoms with Crippen molar-refractivity contribution in [2.24, 2.45) is 11.8 Å². The lowest BCUT2D eigenvalue weighted by atomic mass is 9.84. The van der Waals surface area contributed by atoms with Gasteiger partial charge >= 0.3 is 0 Å². The molecule has 120 valence electrons. The minimum Gasteiger partial charge on any atom is -0.342 e. The van der Waals surface area contributed by atoms with Crippen molar-refractivity contribution in [1.29, 1.82) is 0 Å². The van der Waals surface area contributed by atoms with E-state index in [1.54, 1.807) is 0 Å². The summed E-state index contributed by atoms with van der Waals surface area (Å²) in [5.41, 5.74) is 2.03. The van der Waals surface area contributed by atoms with Crippen LogP contribution < -0.4 is 0 Å². The average molecular weight is 308 g/mol. The van der Waals surface area contributed by atoms with Crippen LogP contribution in [0.4, 0.5) is 0 Å². The van der Waals surface area contributed by atoms with Crippen molar-refractivity contribution in [3.8, 4) is 0 Å². The van der Waals surface area contributed by atoms with Crippen LogP contribution in [0.1, 0.15) is 37.8 Å². The molecular formula is C20H24N2O. The fourth-order valence-corrected chi connectivity index (χ4v) is 4.08. The fourth-order valence-electron chi connectivity index (χ4n) is 4.08. The van der Waals surface area contributed by atoms with Crippen molar-refractivity contribution in [1.82, 2.24) is 9.88 Å². The van der Waals surface area contributed by atoms with E-state index in [-0.39, 0.29) is 0 Å². The molecule has 3 heteroatoms. The molecule has 0 radical (unpaired) electrons. The summed E-state index contributed by atoms with van der Waals surface area (Å²) in [6, 6.07) is 12.3. The Morgan fingerprint density at radius 3 is 2.65 bits per heavy atom. The zero-order chi connectivity index (χ0) is 15.6. The Hall–Kier alpha value is -1.90. The van der Waals surface area contributed by atoms with Crippen LogP contribution >= 0.6 is 0 Å².